The van der Waals surface area contributed by atoms with Gasteiger partial charge in [0.25, 0.3) is 5.91 Å². The highest BCUT2D eigenvalue weighted by Crippen LogP contribution is 2.33. The lowest BCUT2D eigenvalue weighted by atomic mass is 10.1. The van der Waals surface area contributed by atoms with Gasteiger partial charge in [-0.15, -0.1) is 11.3 Å². The number of benzene rings is 1. The third-order valence-corrected chi connectivity index (χ3v) is 4.64. The van der Waals surface area contributed by atoms with E-state index in [1.807, 2.05) is 17.5 Å². The molecule has 120 valence electrons. The molecule has 1 aliphatic rings. The molecule has 0 radical (unpaired) electrons. The molecule has 1 aliphatic carbocycles. The lowest BCUT2D eigenvalue weighted by molar-refractivity contribution is -0.385. The third kappa shape index (κ3) is 3.34. The second-order valence-electron chi connectivity index (χ2n) is 5.39. The molecule has 0 aliphatic heterocycles. The molecule has 1 saturated carbocycles. The molecule has 0 spiro atoms. The van der Waals surface area contributed by atoms with Crippen LogP contribution in [0.4, 0.5) is 5.69 Å². The van der Waals surface area contributed by atoms with Gasteiger partial charge in [0.2, 0.25) is 0 Å². The minimum Gasteiger partial charge on any atom is -0.490 e. The van der Waals surface area contributed by atoms with Crippen molar-refractivity contribution in [1.29, 1.82) is 0 Å². The lowest BCUT2D eigenvalue weighted by Gasteiger charge is -2.22. The number of ether oxygens (including phenoxy) is 1. The molecule has 0 N–H and O–H groups in total. The van der Waals surface area contributed by atoms with Crippen LogP contribution < -0.4 is 4.74 Å². The highest BCUT2D eigenvalue weighted by molar-refractivity contribution is 7.09. The predicted octanol–water partition coefficient (Wildman–Crippen LogP) is 3.47. The van der Waals surface area contributed by atoms with Gasteiger partial charge in [-0.25, -0.2) is 0 Å². The fraction of sp³-hybridized carbons (Fsp3) is 0.312. The van der Waals surface area contributed by atoms with Crippen molar-refractivity contribution >= 4 is 22.9 Å². The van der Waals surface area contributed by atoms with Crippen LogP contribution in [-0.4, -0.2) is 28.9 Å². The predicted molar refractivity (Wildman–Crippen MR) is 86.9 cm³/mol. The van der Waals surface area contributed by atoms with Gasteiger partial charge in [0.15, 0.2) is 5.75 Å². The van der Waals surface area contributed by atoms with Crippen LogP contribution in [0.15, 0.2) is 35.7 Å². The number of nitro benzene ring substituents is 1. The molecular weight excluding hydrogens is 316 g/mol. The summed E-state index contributed by atoms with van der Waals surface area (Å²) in [6.07, 6.45) is 1.96. The van der Waals surface area contributed by atoms with E-state index < -0.39 is 4.92 Å². The maximum atomic E-state index is 12.8. The number of carbonyl (C=O) groups is 1. The Balaban J connectivity index is 1.88. The van der Waals surface area contributed by atoms with Crippen molar-refractivity contribution in [2.75, 3.05) is 7.11 Å². The average molecular weight is 332 g/mol. The van der Waals surface area contributed by atoms with Crippen molar-refractivity contribution in [1.82, 2.24) is 4.90 Å². The van der Waals surface area contributed by atoms with E-state index in [0.29, 0.717) is 12.1 Å². The molecule has 6 nitrogen and oxygen atoms in total. The molecule has 2 aromatic rings. The second-order valence-corrected chi connectivity index (χ2v) is 6.42. The summed E-state index contributed by atoms with van der Waals surface area (Å²) in [7, 11) is 1.37. The summed E-state index contributed by atoms with van der Waals surface area (Å²) in [6.45, 7) is 0.543. The Morgan fingerprint density at radius 3 is 2.78 bits per heavy atom. The number of rotatable bonds is 6. The summed E-state index contributed by atoms with van der Waals surface area (Å²) in [5, 5.41) is 13.1. The topological polar surface area (TPSA) is 72.7 Å². The van der Waals surface area contributed by atoms with E-state index in [1.165, 1.54) is 19.2 Å². The molecule has 7 heteroatoms. The first-order chi connectivity index (χ1) is 11.1. The first kappa shape index (κ1) is 15.5. The molecule has 1 aromatic heterocycles. The quantitative estimate of drug-likeness (QED) is 0.600. The average Bonchev–Trinajstić information content (AvgIpc) is 3.27. The first-order valence-corrected chi connectivity index (χ1v) is 8.14. The van der Waals surface area contributed by atoms with Crippen LogP contribution in [0.2, 0.25) is 0 Å². The molecule has 1 amide bonds. The van der Waals surface area contributed by atoms with Gasteiger partial charge < -0.3 is 9.64 Å². The zero-order valence-corrected chi connectivity index (χ0v) is 13.4. The SMILES string of the molecule is COc1ccc(C(=O)N(Cc2cccs2)C2CC2)cc1[N+](=O)[O-]. The van der Waals surface area contributed by atoms with E-state index in [0.717, 1.165) is 17.7 Å². The Labute approximate surface area is 137 Å². The Bertz CT molecular complexity index is 726. The van der Waals surface area contributed by atoms with E-state index in [4.69, 9.17) is 4.74 Å². The zero-order valence-electron chi connectivity index (χ0n) is 12.6. The van der Waals surface area contributed by atoms with Gasteiger partial charge in [-0.05, 0) is 36.4 Å². The second kappa shape index (κ2) is 6.37. The van der Waals surface area contributed by atoms with Crippen LogP contribution in [0.25, 0.3) is 0 Å². The fourth-order valence-electron chi connectivity index (χ4n) is 2.45. The Kier molecular flexibility index (Phi) is 4.29. The van der Waals surface area contributed by atoms with Crippen molar-refractivity contribution in [2.24, 2.45) is 0 Å². The molecule has 1 aromatic carbocycles. The highest BCUT2D eigenvalue weighted by Gasteiger charge is 2.34. The van der Waals surface area contributed by atoms with Crippen molar-refractivity contribution in [2.45, 2.75) is 25.4 Å². The molecule has 3 rings (SSSR count). The van der Waals surface area contributed by atoms with Gasteiger partial charge in [0, 0.05) is 22.5 Å². The third-order valence-electron chi connectivity index (χ3n) is 3.78. The van der Waals surface area contributed by atoms with E-state index in [9.17, 15) is 14.9 Å². The number of carbonyl (C=O) groups excluding carboxylic acids is 1. The van der Waals surface area contributed by atoms with E-state index in [1.54, 1.807) is 22.3 Å². The van der Waals surface area contributed by atoms with Gasteiger partial charge in [-0.1, -0.05) is 6.07 Å². The summed E-state index contributed by atoms with van der Waals surface area (Å²) >= 11 is 1.60. The normalized spacial score (nSPS) is 13.6. The summed E-state index contributed by atoms with van der Waals surface area (Å²) in [6, 6.07) is 8.52. The number of nitro groups is 1. The molecule has 0 saturated heterocycles. The van der Waals surface area contributed by atoms with Gasteiger partial charge in [0.1, 0.15) is 0 Å². The number of thiophene rings is 1. The molecule has 1 heterocycles. The van der Waals surface area contributed by atoms with E-state index in [-0.39, 0.29) is 23.4 Å². The highest BCUT2D eigenvalue weighted by atomic mass is 32.1. The van der Waals surface area contributed by atoms with Gasteiger partial charge in [0.05, 0.1) is 18.6 Å². The van der Waals surface area contributed by atoms with E-state index in [2.05, 4.69) is 0 Å². The van der Waals surface area contributed by atoms with Crippen LogP contribution >= 0.6 is 11.3 Å². The maximum Gasteiger partial charge on any atom is 0.311 e. The smallest absolute Gasteiger partial charge is 0.311 e. The summed E-state index contributed by atoms with van der Waals surface area (Å²) in [5.74, 6) is -0.0190. The Morgan fingerprint density at radius 1 is 1.43 bits per heavy atom. The molecule has 1 fully saturated rings. The summed E-state index contributed by atoms with van der Waals surface area (Å²) in [5.41, 5.74) is 0.131. The summed E-state index contributed by atoms with van der Waals surface area (Å²) in [4.78, 5) is 26.3. The zero-order chi connectivity index (χ0) is 16.4. The number of amides is 1. The molecule has 0 atom stereocenters. The van der Waals surface area contributed by atoms with Crippen LogP contribution in [0.3, 0.4) is 0 Å². The summed E-state index contributed by atoms with van der Waals surface area (Å²) < 4.78 is 4.98. The van der Waals surface area contributed by atoms with Crippen molar-refractivity contribution in [3.8, 4) is 5.75 Å². The number of hydrogen-bond acceptors (Lipinski definition) is 5. The molecule has 0 bridgehead atoms. The first-order valence-electron chi connectivity index (χ1n) is 7.26. The standard InChI is InChI=1S/C16H16N2O4S/c1-22-15-7-4-11(9-14(15)18(20)21)16(19)17(12-5-6-12)10-13-3-2-8-23-13/h2-4,7-9,12H,5-6,10H2,1H3. The maximum absolute atomic E-state index is 12.8. The van der Waals surface area contributed by atoms with Gasteiger partial charge in [-0.2, -0.15) is 0 Å². The Morgan fingerprint density at radius 2 is 2.22 bits per heavy atom. The van der Waals surface area contributed by atoms with Crippen molar-refractivity contribution in [3.63, 3.8) is 0 Å². The lowest BCUT2D eigenvalue weighted by Crippen LogP contribution is -2.32. The van der Waals surface area contributed by atoms with Gasteiger partial charge in [-0.3, -0.25) is 14.9 Å². The Hall–Kier alpha value is -2.41. The number of methoxy groups -OCH3 is 1. The monoisotopic (exact) mass is 332 g/mol. The van der Waals surface area contributed by atoms with Crippen molar-refractivity contribution in [3.05, 3.63) is 56.3 Å². The minimum absolute atomic E-state index is 0.155. The van der Waals surface area contributed by atoms with Crippen LogP contribution in [0, 0.1) is 10.1 Å². The van der Waals surface area contributed by atoms with E-state index >= 15 is 0 Å². The van der Waals surface area contributed by atoms with Crippen LogP contribution in [-0.2, 0) is 6.54 Å². The van der Waals surface area contributed by atoms with Gasteiger partial charge >= 0.3 is 5.69 Å². The number of hydrogen-bond donors (Lipinski definition) is 0. The largest absolute Gasteiger partial charge is 0.490 e. The molecular formula is C16H16N2O4S. The molecule has 0 unspecified atom stereocenters. The van der Waals surface area contributed by atoms with Crippen LogP contribution in [0.5, 0.6) is 5.75 Å². The fourth-order valence-corrected chi connectivity index (χ4v) is 3.16. The van der Waals surface area contributed by atoms with Crippen LogP contribution in [0.1, 0.15) is 28.1 Å². The minimum atomic E-state index is -0.531. The molecule has 23 heavy (non-hydrogen) atoms. The van der Waals surface area contributed by atoms with Crippen molar-refractivity contribution < 1.29 is 14.5 Å². The number of nitrogens with zero attached hydrogens (tertiary/aromatic N) is 2.